The van der Waals surface area contributed by atoms with Crippen LogP contribution in [0, 0.1) is 0 Å². The van der Waals surface area contributed by atoms with E-state index in [1.54, 1.807) is 0 Å². The molecule has 10 aromatic rings. The highest BCUT2D eigenvalue weighted by atomic mass is 31.2. The predicted molar refractivity (Wildman–Crippen MR) is 288 cm³/mol. The molecule has 0 amide bonds. The Morgan fingerprint density at radius 1 is 0.286 bits per heavy atom. The van der Waals surface area contributed by atoms with E-state index in [-0.39, 0.29) is 0 Å². The molecule has 5 nitrogen and oxygen atoms in total. The first kappa shape index (κ1) is 44.6. The highest BCUT2D eigenvalue weighted by Gasteiger charge is 2.41. The Bertz CT molecular complexity index is 3010. The Kier molecular flexibility index (Phi) is 12.7. The maximum atomic E-state index is 7.46. The van der Waals surface area contributed by atoms with Crippen LogP contribution in [0.15, 0.2) is 255 Å². The van der Waals surface area contributed by atoms with Gasteiger partial charge in [-0.3, -0.25) is 0 Å². The van der Waals surface area contributed by atoms with Gasteiger partial charge in [0.05, 0.1) is 10.6 Å². The molecule has 1 aliphatic rings. The van der Waals surface area contributed by atoms with Crippen LogP contribution >= 0.6 is 16.8 Å². The SMILES string of the molecule is CC1(C)c2cccc(P(Oc3ccccc3-c3ccccc3)Oc3ccccc3-c3ccccc3)c2Oc2c(P(Oc3ccccc3-c3ccccc3)Oc3ccccc3-c3ccccc3)cccc21. The van der Waals surface area contributed by atoms with Gasteiger partial charge in [0, 0.05) is 38.8 Å². The summed E-state index contributed by atoms with van der Waals surface area (Å²) in [7, 11) is -3.83. The molecule has 0 atom stereocenters. The van der Waals surface area contributed by atoms with Crippen molar-refractivity contribution >= 4 is 27.4 Å². The first-order valence-corrected chi connectivity index (χ1v) is 25.7. The second-order valence-electron chi connectivity index (χ2n) is 17.4. The number of ether oxygens (including phenoxy) is 1. The molecule has 0 spiro atoms. The van der Waals surface area contributed by atoms with Crippen molar-refractivity contribution in [3.8, 4) is 79.0 Å². The van der Waals surface area contributed by atoms with E-state index in [0.717, 1.165) is 66.2 Å². The fourth-order valence-electron chi connectivity index (χ4n) is 8.98. The molecule has 0 unspecified atom stereocenters. The van der Waals surface area contributed by atoms with Gasteiger partial charge in [-0.1, -0.05) is 232 Å². The number of hydrogen-bond donors (Lipinski definition) is 0. The topological polar surface area (TPSA) is 46.2 Å². The molecule has 0 aliphatic carbocycles. The first-order valence-electron chi connectivity index (χ1n) is 23.3. The molecule has 0 aromatic heterocycles. The van der Waals surface area contributed by atoms with Crippen molar-refractivity contribution in [2.75, 3.05) is 0 Å². The van der Waals surface area contributed by atoms with Crippen LogP contribution in [0.1, 0.15) is 25.0 Å². The standard InChI is InChI=1S/C63H48O5P2/c1-63(2)53-37-23-43-59(69(65-55-39-19-15-33-49(55)45-25-7-3-8-26-45)66-56-40-20-16-34-50(56)46-27-9-4-10-28-46)61(53)64-62-54(63)38-24-44-60(62)70(67-57-41-21-17-35-51(57)47-29-11-5-12-30-47)68-58-42-22-18-36-52(58)48-31-13-6-14-32-48/h3-44H,1-2H3. The Hall–Kier alpha value is -7.94. The number of para-hydroxylation sites is 6. The minimum atomic E-state index is -1.91. The summed E-state index contributed by atoms with van der Waals surface area (Å²) in [6.07, 6.45) is 0. The molecule has 11 rings (SSSR count). The molecule has 0 bridgehead atoms. The van der Waals surface area contributed by atoms with Gasteiger partial charge >= 0.3 is 16.8 Å². The summed E-state index contributed by atoms with van der Waals surface area (Å²) in [6.45, 7) is 4.50. The summed E-state index contributed by atoms with van der Waals surface area (Å²) < 4.78 is 36.5. The Morgan fingerprint density at radius 3 is 0.829 bits per heavy atom. The molecule has 1 aliphatic heterocycles. The molecule has 0 N–H and O–H groups in total. The lowest BCUT2D eigenvalue weighted by atomic mass is 9.76. The largest absolute Gasteiger partial charge is 0.455 e. The molecule has 70 heavy (non-hydrogen) atoms. The molecule has 0 saturated carbocycles. The summed E-state index contributed by atoms with van der Waals surface area (Å²) in [5.41, 5.74) is 9.49. The van der Waals surface area contributed by atoms with Crippen molar-refractivity contribution in [3.63, 3.8) is 0 Å². The van der Waals surface area contributed by atoms with Crippen molar-refractivity contribution in [3.05, 3.63) is 266 Å². The van der Waals surface area contributed by atoms with E-state index < -0.39 is 22.2 Å². The maximum Gasteiger partial charge on any atom is 0.330 e. The average molecular weight is 947 g/mol. The molecule has 10 aromatic carbocycles. The zero-order valence-corrected chi connectivity index (χ0v) is 40.5. The molecule has 340 valence electrons. The quantitative estimate of drug-likeness (QED) is 0.102. The van der Waals surface area contributed by atoms with E-state index in [2.05, 4.69) is 123 Å². The number of benzene rings is 10. The van der Waals surface area contributed by atoms with Gasteiger partial charge < -0.3 is 22.8 Å². The second kappa shape index (κ2) is 20.0. The normalized spacial score (nSPS) is 12.3. The smallest absolute Gasteiger partial charge is 0.330 e. The highest BCUT2D eigenvalue weighted by molar-refractivity contribution is 7.57. The molecule has 0 radical (unpaired) electrons. The third-order valence-electron chi connectivity index (χ3n) is 12.5. The van der Waals surface area contributed by atoms with Gasteiger partial charge in [0.1, 0.15) is 34.5 Å². The van der Waals surface area contributed by atoms with Crippen molar-refractivity contribution < 1.29 is 22.8 Å². The number of fused-ring (bicyclic) bond motifs is 2. The molecule has 0 saturated heterocycles. The van der Waals surface area contributed by atoms with Crippen molar-refractivity contribution in [2.24, 2.45) is 0 Å². The first-order chi connectivity index (χ1) is 34.5. The monoisotopic (exact) mass is 946 g/mol. The van der Waals surface area contributed by atoms with E-state index in [4.69, 9.17) is 22.8 Å². The zero-order chi connectivity index (χ0) is 47.3. The number of hydrogen-bond acceptors (Lipinski definition) is 5. The average Bonchev–Trinajstić information content (AvgIpc) is 3.42. The fraction of sp³-hybridized carbons (Fsp3) is 0.0476. The van der Waals surface area contributed by atoms with Gasteiger partial charge in [-0.25, -0.2) is 0 Å². The van der Waals surface area contributed by atoms with Crippen LogP contribution in [0.25, 0.3) is 44.5 Å². The summed E-state index contributed by atoms with van der Waals surface area (Å²) in [5.74, 6) is 4.15. The molecule has 0 fully saturated rings. The van der Waals surface area contributed by atoms with Crippen molar-refractivity contribution in [1.29, 1.82) is 0 Å². The summed E-state index contributed by atoms with van der Waals surface area (Å²) in [5, 5.41) is 1.59. The van der Waals surface area contributed by atoms with E-state index >= 15 is 0 Å². The predicted octanol–water partition coefficient (Wildman–Crippen LogP) is 17.0. The van der Waals surface area contributed by atoms with E-state index in [1.807, 2.05) is 146 Å². The molecule has 7 heteroatoms. The summed E-state index contributed by atoms with van der Waals surface area (Å²) in [4.78, 5) is 0. The Morgan fingerprint density at radius 2 is 0.543 bits per heavy atom. The summed E-state index contributed by atoms with van der Waals surface area (Å²) >= 11 is 0. The van der Waals surface area contributed by atoms with Crippen LogP contribution in [0.2, 0.25) is 0 Å². The Labute approximate surface area is 412 Å². The van der Waals surface area contributed by atoms with Crippen LogP contribution in [-0.2, 0) is 5.41 Å². The number of rotatable bonds is 14. The minimum absolute atomic E-state index is 0.537. The van der Waals surface area contributed by atoms with E-state index in [1.165, 1.54) is 0 Å². The molecule has 1 heterocycles. The lowest BCUT2D eigenvalue weighted by molar-refractivity contribution is 0.420. The fourth-order valence-corrected chi connectivity index (χ4v) is 11.9. The third-order valence-corrected chi connectivity index (χ3v) is 15.5. The van der Waals surface area contributed by atoms with Crippen LogP contribution in [-0.4, -0.2) is 0 Å². The lowest BCUT2D eigenvalue weighted by Crippen LogP contribution is -2.31. The van der Waals surface area contributed by atoms with Gasteiger partial charge in [0.2, 0.25) is 0 Å². The van der Waals surface area contributed by atoms with Crippen LogP contribution in [0.5, 0.6) is 34.5 Å². The maximum absolute atomic E-state index is 7.46. The van der Waals surface area contributed by atoms with Crippen molar-refractivity contribution in [2.45, 2.75) is 19.3 Å². The van der Waals surface area contributed by atoms with Gasteiger partial charge in [0.15, 0.2) is 0 Å². The molecular formula is C63H48O5P2. The third kappa shape index (κ3) is 9.06. The van der Waals surface area contributed by atoms with Gasteiger partial charge in [-0.2, -0.15) is 0 Å². The summed E-state index contributed by atoms with van der Waals surface area (Å²) in [6, 6.07) is 86.5. The highest BCUT2D eigenvalue weighted by Crippen LogP contribution is 2.55. The van der Waals surface area contributed by atoms with Gasteiger partial charge in [0.25, 0.3) is 0 Å². The lowest BCUT2D eigenvalue weighted by Gasteiger charge is -2.37. The Balaban J connectivity index is 1.06. The zero-order valence-electron chi connectivity index (χ0n) is 38.7. The van der Waals surface area contributed by atoms with Crippen LogP contribution < -0.4 is 33.4 Å². The van der Waals surface area contributed by atoms with Crippen molar-refractivity contribution in [1.82, 2.24) is 0 Å². The minimum Gasteiger partial charge on any atom is -0.455 e. The van der Waals surface area contributed by atoms with Crippen LogP contribution in [0.4, 0.5) is 0 Å². The van der Waals surface area contributed by atoms with Crippen LogP contribution in [0.3, 0.4) is 0 Å². The van der Waals surface area contributed by atoms with E-state index in [0.29, 0.717) is 34.5 Å². The molecular weight excluding hydrogens is 899 g/mol. The van der Waals surface area contributed by atoms with E-state index in [9.17, 15) is 0 Å². The van der Waals surface area contributed by atoms with Gasteiger partial charge in [-0.05, 0) is 58.7 Å². The van der Waals surface area contributed by atoms with Gasteiger partial charge in [-0.15, -0.1) is 0 Å². The second-order valence-corrected chi connectivity index (χ2v) is 20.1.